The lowest BCUT2D eigenvalue weighted by atomic mass is 10.2. The summed E-state index contributed by atoms with van der Waals surface area (Å²) in [5.41, 5.74) is -0.292. The van der Waals surface area contributed by atoms with Crippen LogP contribution in [0.5, 0.6) is 5.75 Å². The van der Waals surface area contributed by atoms with Crippen molar-refractivity contribution < 1.29 is 19.6 Å². The Morgan fingerprint density at radius 3 is 2.95 bits per heavy atom. The molecule has 8 nitrogen and oxygen atoms in total. The number of rotatable bonds is 4. The number of hydrogen-bond acceptors (Lipinski definition) is 6. The third kappa shape index (κ3) is 3.03. The fourth-order valence-corrected chi connectivity index (χ4v) is 2.08. The summed E-state index contributed by atoms with van der Waals surface area (Å²) >= 11 is 0. The highest BCUT2D eigenvalue weighted by atomic mass is 16.6. The lowest BCUT2D eigenvalue weighted by molar-refractivity contribution is -0.384. The van der Waals surface area contributed by atoms with Gasteiger partial charge in [-0.15, -0.1) is 0 Å². The number of carbonyl (C=O) groups excluding carboxylic acids is 1. The van der Waals surface area contributed by atoms with Crippen LogP contribution < -0.4 is 10.6 Å². The standard InChI is InChI=1S/C12H15N3O5/c1-20-8-5-10(13-6-8)12(17)14-9-3-2-7(16)4-11(9)15(18)19/h2-4,8,10,13,16H,5-6H2,1H3,(H,14,17). The van der Waals surface area contributed by atoms with Gasteiger partial charge in [0.1, 0.15) is 11.4 Å². The van der Waals surface area contributed by atoms with Crippen molar-refractivity contribution in [1.82, 2.24) is 5.32 Å². The van der Waals surface area contributed by atoms with Crippen molar-refractivity contribution in [1.29, 1.82) is 0 Å². The number of hydrogen-bond donors (Lipinski definition) is 3. The number of nitro groups is 1. The van der Waals surface area contributed by atoms with E-state index >= 15 is 0 Å². The highest BCUT2D eigenvalue weighted by Gasteiger charge is 2.30. The van der Waals surface area contributed by atoms with Gasteiger partial charge < -0.3 is 20.5 Å². The maximum absolute atomic E-state index is 12.0. The van der Waals surface area contributed by atoms with Crippen molar-refractivity contribution >= 4 is 17.3 Å². The Bertz CT molecular complexity index is 534. The summed E-state index contributed by atoms with van der Waals surface area (Å²) in [6, 6.07) is 3.13. The van der Waals surface area contributed by atoms with Gasteiger partial charge in [-0.25, -0.2) is 0 Å². The van der Waals surface area contributed by atoms with Gasteiger partial charge in [-0.3, -0.25) is 14.9 Å². The Morgan fingerprint density at radius 1 is 1.60 bits per heavy atom. The average molecular weight is 281 g/mol. The number of aromatic hydroxyl groups is 1. The summed E-state index contributed by atoms with van der Waals surface area (Å²) in [6.07, 6.45) is 0.467. The van der Waals surface area contributed by atoms with Crippen molar-refractivity contribution in [3.05, 3.63) is 28.3 Å². The molecule has 1 saturated heterocycles. The zero-order valence-corrected chi connectivity index (χ0v) is 10.8. The molecule has 1 aliphatic heterocycles. The summed E-state index contributed by atoms with van der Waals surface area (Å²) in [5, 5.41) is 25.6. The number of nitrogens with zero attached hydrogens (tertiary/aromatic N) is 1. The minimum Gasteiger partial charge on any atom is -0.508 e. The first kappa shape index (κ1) is 14.2. The molecule has 1 aromatic carbocycles. The first-order valence-corrected chi connectivity index (χ1v) is 6.05. The monoisotopic (exact) mass is 281 g/mol. The molecule has 0 aromatic heterocycles. The molecule has 8 heteroatoms. The van der Waals surface area contributed by atoms with Crippen LogP contribution in [0.25, 0.3) is 0 Å². The van der Waals surface area contributed by atoms with Crippen molar-refractivity contribution in [3.8, 4) is 5.75 Å². The predicted octanol–water partition coefficient (Wildman–Crippen LogP) is 0.616. The molecular weight excluding hydrogens is 266 g/mol. The molecule has 2 rings (SSSR count). The second kappa shape index (κ2) is 5.85. The van der Waals surface area contributed by atoms with E-state index in [2.05, 4.69) is 10.6 Å². The van der Waals surface area contributed by atoms with Crippen LogP contribution >= 0.6 is 0 Å². The van der Waals surface area contributed by atoms with E-state index in [1.165, 1.54) is 12.1 Å². The van der Waals surface area contributed by atoms with E-state index in [9.17, 15) is 20.0 Å². The van der Waals surface area contributed by atoms with E-state index in [-0.39, 0.29) is 29.1 Å². The van der Waals surface area contributed by atoms with E-state index in [4.69, 9.17) is 4.74 Å². The minimum atomic E-state index is -0.657. The normalized spacial score (nSPS) is 21.6. The van der Waals surface area contributed by atoms with Crippen molar-refractivity contribution in [2.45, 2.75) is 18.6 Å². The summed E-state index contributed by atoms with van der Waals surface area (Å²) in [6.45, 7) is 0.562. The lowest BCUT2D eigenvalue weighted by Gasteiger charge is -2.11. The average Bonchev–Trinajstić information content (AvgIpc) is 2.89. The summed E-state index contributed by atoms with van der Waals surface area (Å²) in [4.78, 5) is 22.2. The Balaban J connectivity index is 2.10. The number of methoxy groups -OCH3 is 1. The molecule has 20 heavy (non-hydrogen) atoms. The van der Waals surface area contributed by atoms with Gasteiger partial charge in [0.05, 0.1) is 23.1 Å². The van der Waals surface area contributed by atoms with Crippen molar-refractivity contribution in [2.24, 2.45) is 0 Å². The molecule has 2 atom stereocenters. The number of amides is 1. The Kier molecular flexibility index (Phi) is 4.16. The van der Waals surface area contributed by atoms with Crippen molar-refractivity contribution in [3.63, 3.8) is 0 Å². The highest BCUT2D eigenvalue weighted by Crippen LogP contribution is 2.28. The molecule has 1 fully saturated rings. The molecule has 1 aromatic rings. The molecule has 0 bridgehead atoms. The minimum absolute atomic E-state index is 0.0412. The fourth-order valence-electron chi connectivity index (χ4n) is 2.08. The largest absolute Gasteiger partial charge is 0.508 e. The number of anilines is 1. The number of nitrogens with one attached hydrogen (secondary N) is 2. The zero-order valence-electron chi connectivity index (χ0n) is 10.8. The summed E-state index contributed by atoms with van der Waals surface area (Å²) in [7, 11) is 1.57. The van der Waals surface area contributed by atoms with Gasteiger partial charge >= 0.3 is 0 Å². The van der Waals surface area contributed by atoms with Gasteiger partial charge in [-0.05, 0) is 18.6 Å². The zero-order chi connectivity index (χ0) is 14.7. The summed E-state index contributed by atoms with van der Waals surface area (Å²) in [5.74, 6) is -0.591. The smallest absolute Gasteiger partial charge is 0.296 e. The Labute approximate surface area is 114 Å². The molecule has 1 heterocycles. The first-order valence-electron chi connectivity index (χ1n) is 6.05. The number of carbonyl (C=O) groups is 1. The van der Waals surface area contributed by atoms with Crippen LogP contribution in [0, 0.1) is 10.1 Å². The van der Waals surface area contributed by atoms with E-state index in [0.29, 0.717) is 13.0 Å². The maximum atomic E-state index is 12.0. The van der Waals surface area contributed by atoms with Gasteiger partial charge in [0.15, 0.2) is 0 Å². The van der Waals surface area contributed by atoms with Crippen molar-refractivity contribution in [2.75, 3.05) is 19.0 Å². The maximum Gasteiger partial charge on any atom is 0.296 e. The quantitative estimate of drug-likeness (QED) is 0.423. The van der Waals surface area contributed by atoms with Gasteiger partial charge in [0.2, 0.25) is 5.91 Å². The van der Waals surface area contributed by atoms with Crippen LogP contribution in [0.3, 0.4) is 0 Å². The molecule has 2 unspecified atom stereocenters. The molecule has 0 aliphatic carbocycles. The SMILES string of the molecule is COC1CNC(C(=O)Nc2ccc(O)cc2[N+](=O)[O-])C1. The van der Waals surface area contributed by atoms with Crippen LogP contribution in [0.15, 0.2) is 18.2 Å². The Hall–Kier alpha value is -2.19. The molecule has 0 radical (unpaired) electrons. The van der Waals surface area contributed by atoms with Crippen LogP contribution in [-0.4, -0.2) is 41.7 Å². The molecule has 108 valence electrons. The van der Waals surface area contributed by atoms with E-state index in [0.717, 1.165) is 6.07 Å². The number of ether oxygens (including phenoxy) is 1. The van der Waals surface area contributed by atoms with Gasteiger partial charge in [-0.2, -0.15) is 0 Å². The van der Waals surface area contributed by atoms with E-state index < -0.39 is 11.0 Å². The molecule has 0 saturated carbocycles. The third-order valence-corrected chi connectivity index (χ3v) is 3.18. The number of phenols is 1. The fraction of sp³-hybridized carbons (Fsp3) is 0.417. The van der Waals surface area contributed by atoms with E-state index in [1.807, 2.05) is 0 Å². The molecule has 3 N–H and O–H groups in total. The summed E-state index contributed by atoms with van der Waals surface area (Å²) < 4.78 is 5.14. The topological polar surface area (TPSA) is 114 Å². The number of nitro benzene ring substituents is 1. The third-order valence-electron chi connectivity index (χ3n) is 3.18. The van der Waals surface area contributed by atoms with Crippen LogP contribution in [0.4, 0.5) is 11.4 Å². The first-order chi connectivity index (χ1) is 9.51. The molecular formula is C12H15N3O5. The van der Waals surface area contributed by atoms with Gasteiger partial charge in [0.25, 0.3) is 5.69 Å². The van der Waals surface area contributed by atoms with Gasteiger partial charge in [-0.1, -0.05) is 0 Å². The molecule has 0 spiro atoms. The highest BCUT2D eigenvalue weighted by molar-refractivity contribution is 5.97. The van der Waals surface area contributed by atoms with Gasteiger partial charge in [0, 0.05) is 13.7 Å². The van der Waals surface area contributed by atoms with Crippen LogP contribution in [-0.2, 0) is 9.53 Å². The Morgan fingerprint density at radius 2 is 2.35 bits per heavy atom. The molecule has 1 amide bonds. The second-order valence-corrected chi connectivity index (χ2v) is 4.50. The second-order valence-electron chi connectivity index (χ2n) is 4.50. The van der Waals surface area contributed by atoms with Crippen LogP contribution in [0.2, 0.25) is 0 Å². The van der Waals surface area contributed by atoms with E-state index in [1.54, 1.807) is 7.11 Å². The number of phenolic OH excluding ortho intramolecular Hbond substituents is 1. The van der Waals surface area contributed by atoms with Crippen LogP contribution in [0.1, 0.15) is 6.42 Å². The lowest BCUT2D eigenvalue weighted by Crippen LogP contribution is -2.35. The number of benzene rings is 1. The molecule has 1 aliphatic rings. The predicted molar refractivity (Wildman–Crippen MR) is 70.6 cm³/mol.